The molecule has 0 radical (unpaired) electrons. The van der Waals surface area contributed by atoms with Gasteiger partial charge in [-0.05, 0) is 40.5 Å². The molecular weight excluding hydrogens is 322 g/mol. The van der Waals surface area contributed by atoms with Gasteiger partial charge in [0.25, 0.3) is 0 Å². The lowest BCUT2D eigenvalue weighted by Crippen LogP contribution is -2.44. The summed E-state index contributed by atoms with van der Waals surface area (Å²) in [5.74, 6) is 0.486. The number of rotatable bonds is 4. The van der Waals surface area contributed by atoms with Gasteiger partial charge in [0.2, 0.25) is 0 Å². The van der Waals surface area contributed by atoms with E-state index in [1.165, 1.54) is 0 Å². The van der Waals surface area contributed by atoms with E-state index in [1.807, 2.05) is 6.92 Å². The Hall–Kier alpha value is -1.29. The maximum atomic E-state index is 9.94. The minimum atomic E-state index is -0.326. The van der Waals surface area contributed by atoms with Gasteiger partial charge in [0.15, 0.2) is 11.5 Å². The first kappa shape index (κ1) is 15.1. The summed E-state index contributed by atoms with van der Waals surface area (Å²) in [6.07, 6.45) is 0. The van der Waals surface area contributed by atoms with E-state index in [-0.39, 0.29) is 11.8 Å². The third-order valence-corrected chi connectivity index (χ3v) is 3.91. The molecule has 20 heavy (non-hydrogen) atoms. The van der Waals surface area contributed by atoms with Gasteiger partial charge < -0.3 is 15.2 Å². The van der Waals surface area contributed by atoms with Gasteiger partial charge in [-0.2, -0.15) is 5.26 Å². The molecule has 1 atom stereocenters. The number of hydrogen-bond acceptors (Lipinski definition) is 5. The van der Waals surface area contributed by atoms with Gasteiger partial charge in [0.05, 0.1) is 17.1 Å². The lowest BCUT2D eigenvalue weighted by molar-refractivity contribution is 0.207. The van der Waals surface area contributed by atoms with E-state index >= 15 is 0 Å². The van der Waals surface area contributed by atoms with Gasteiger partial charge in [-0.1, -0.05) is 0 Å². The fraction of sp³-hybridized carbons (Fsp3) is 0.500. The van der Waals surface area contributed by atoms with Crippen molar-refractivity contribution in [2.45, 2.75) is 13.0 Å². The van der Waals surface area contributed by atoms with Crippen molar-refractivity contribution in [3.05, 3.63) is 22.2 Å². The lowest BCUT2D eigenvalue weighted by Gasteiger charge is -2.31. The fourth-order valence-electron chi connectivity index (χ4n) is 2.32. The molecule has 5 nitrogen and oxygen atoms in total. The van der Waals surface area contributed by atoms with Crippen LogP contribution >= 0.6 is 15.9 Å². The zero-order chi connectivity index (χ0) is 14.5. The highest BCUT2D eigenvalue weighted by Gasteiger charge is 2.23. The number of aromatic hydroxyl groups is 1. The second-order valence-electron chi connectivity index (χ2n) is 4.60. The van der Waals surface area contributed by atoms with Gasteiger partial charge >= 0.3 is 0 Å². The first-order valence-corrected chi connectivity index (χ1v) is 7.46. The number of nitrogens with zero attached hydrogens (tertiary/aromatic N) is 2. The van der Waals surface area contributed by atoms with E-state index in [1.54, 1.807) is 12.1 Å². The standard InChI is InChI=1S/C14H18BrN3O2/c1-2-20-13-8-10(7-11(15)14(13)19)12(9-16)18-5-3-17-4-6-18/h7-8,12,17,19H,2-6H2,1H3. The molecule has 108 valence electrons. The molecule has 0 aromatic heterocycles. The average Bonchev–Trinajstić information content (AvgIpc) is 2.46. The number of hydrogen-bond donors (Lipinski definition) is 2. The predicted molar refractivity (Wildman–Crippen MR) is 79.8 cm³/mol. The second kappa shape index (κ2) is 6.93. The zero-order valence-electron chi connectivity index (χ0n) is 11.4. The van der Waals surface area contributed by atoms with Crippen LogP contribution < -0.4 is 10.1 Å². The number of ether oxygens (including phenoxy) is 1. The SMILES string of the molecule is CCOc1cc(C(C#N)N2CCNCC2)cc(Br)c1O. The molecule has 0 aliphatic carbocycles. The smallest absolute Gasteiger partial charge is 0.172 e. The molecule has 1 unspecified atom stereocenters. The van der Waals surface area contributed by atoms with Gasteiger partial charge in [-0.25, -0.2) is 0 Å². The molecule has 2 rings (SSSR count). The van der Waals surface area contributed by atoms with Crippen molar-refractivity contribution < 1.29 is 9.84 Å². The molecule has 1 aliphatic heterocycles. The minimum Gasteiger partial charge on any atom is -0.503 e. The number of piperazine rings is 1. The highest BCUT2D eigenvalue weighted by molar-refractivity contribution is 9.10. The van der Waals surface area contributed by atoms with E-state index < -0.39 is 0 Å². The summed E-state index contributed by atoms with van der Waals surface area (Å²) < 4.78 is 5.97. The molecule has 6 heteroatoms. The van der Waals surface area contributed by atoms with Gasteiger partial charge in [0, 0.05) is 26.2 Å². The summed E-state index contributed by atoms with van der Waals surface area (Å²) in [6, 6.07) is 5.55. The quantitative estimate of drug-likeness (QED) is 0.878. The molecule has 0 saturated carbocycles. The Morgan fingerprint density at radius 2 is 2.20 bits per heavy atom. The Kier molecular flexibility index (Phi) is 5.24. The van der Waals surface area contributed by atoms with Crippen molar-refractivity contribution in [2.75, 3.05) is 32.8 Å². The van der Waals surface area contributed by atoms with Crippen molar-refractivity contribution in [3.63, 3.8) is 0 Å². The van der Waals surface area contributed by atoms with Crippen LogP contribution in [0, 0.1) is 11.3 Å². The summed E-state index contributed by atoms with van der Waals surface area (Å²) >= 11 is 3.32. The van der Waals surface area contributed by atoms with E-state index in [9.17, 15) is 10.4 Å². The van der Waals surface area contributed by atoms with Crippen molar-refractivity contribution in [2.24, 2.45) is 0 Å². The molecule has 1 fully saturated rings. The fourth-order valence-corrected chi connectivity index (χ4v) is 2.78. The molecule has 0 bridgehead atoms. The van der Waals surface area contributed by atoms with Crippen molar-refractivity contribution in [1.29, 1.82) is 5.26 Å². The summed E-state index contributed by atoms with van der Waals surface area (Å²) in [4.78, 5) is 2.13. The van der Waals surface area contributed by atoms with Crippen LogP contribution in [0.5, 0.6) is 11.5 Å². The molecular formula is C14H18BrN3O2. The van der Waals surface area contributed by atoms with Crippen molar-refractivity contribution in [3.8, 4) is 17.6 Å². The Morgan fingerprint density at radius 3 is 2.80 bits per heavy atom. The van der Waals surface area contributed by atoms with Crippen LogP contribution in [0.15, 0.2) is 16.6 Å². The van der Waals surface area contributed by atoms with Gasteiger partial charge in [-0.15, -0.1) is 0 Å². The normalized spacial score (nSPS) is 17.4. The first-order chi connectivity index (χ1) is 9.67. The van der Waals surface area contributed by atoms with Crippen LogP contribution in [0.2, 0.25) is 0 Å². The van der Waals surface area contributed by atoms with Crippen LogP contribution in [0.25, 0.3) is 0 Å². The first-order valence-electron chi connectivity index (χ1n) is 6.67. The molecule has 0 spiro atoms. The van der Waals surface area contributed by atoms with Crippen LogP contribution in [-0.4, -0.2) is 42.8 Å². The molecule has 1 aromatic rings. The Balaban J connectivity index is 2.31. The predicted octanol–water partition coefficient (Wildman–Crippen LogP) is 2.02. The van der Waals surface area contributed by atoms with Crippen LogP contribution in [0.3, 0.4) is 0 Å². The molecule has 0 amide bonds. The molecule has 1 saturated heterocycles. The van der Waals surface area contributed by atoms with Gasteiger partial charge in [-0.3, -0.25) is 4.90 Å². The van der Waals surface area contributed by atoms with Crippen LogP contribution in [-0.2, 0) is 0 Å². The van der Waals surface area contributed by atoms with Crippen LogP contribution in [0.1, 0.15) is 18.5 Å². The third kappa shape index (κ3) is 3.23. The van der Waals surface area contributed by atoms with Crippen LogP contribution in [0.4, 0.5) is 0 Å². The molecule has 1 aliphatic rings. The molecule has 1 aromatic carbocycles. The van der Waals surface area contributed by atoms with E-state index in [2.05, 4.69) is 32.2 Å². The topological polar surface area (TPSA) is 68.5 Å². The maximum absolute atomic E-state index is 9.94. The number of benzene rings is 1. The number of phenols is 1. The Bertz CT molecular complexity index is 510. The van der Waals surface area contributed by atoms with Crippen molar-refractivity contribution >= 4 is 15.9 Å². The second-order valence-corrected chi connectivity index (χ2v) is 5.45. The summed E-state index contributed by atoms with van der Waals surface area (Å²) in [6.45, 7) is 5.76. The zero-order valence-corrected chi connectivity index (χ0v) is 13.0. The molecule has 1 heterocycles. The average molecular weight is 340 g/mol. The summed E-state index contributed by atoms with van der Waals surface area (Å²) in [5, 5.41) is 22.7. The minimum absolute atomic E-state index is 0.0765. The third-order valence-electron chi connectivity index (χ3n) is 3.31. The van der Waals surface area contributed by atoms with E-state index in [0.29, 0.717) is 16.8 Å². The Morgan fingerprint density at radius 1 is 1.50 bits per heavy atom. The van der Waals surface area contributed by atoms with E-state index in [4.69, 9.17) is 4.74 Å². The van der Waals surface area contributed by atoms with Gasteiger partial charge in [0.1, 0.15) is 6.04 Å². The summed E-state index contributed by atoms with van der Waals surface area (Å²) in [7, 11) is 0. The number of nitriles is 1. The monoisotopic (exact) mass is 339 g/mol. The Labute approximate surface area is 127 Å². The highest BCUT2D eigenvalue weighted by atomic mass is 79.9. The number of halogens is 1. The largest absolute Gasteiger partial charge is 0.503 e. The number of phenolic OH excluding ortho intramolecular Hbond substituents is 1. The number of nitrogens with one attached hydrogen (secondary N) is 1. The lowest BCUT2D eigenvalue weighted by atomic mass is 10.0. The highest BCUT2D eigenvalue weighted by Crippen LogP contribution is 2.38. The molecule has 2 N–H and O–H groups in total. The van der Waals surface area contributed by atoms with Crippen molar-refractivity contribution in [1.82, 2.24) is 10.2 Å². The summed E-state index contributed by atoms with van der Waals surface area (Å²) in [5.41, 5.74) is 0.836. The maximum Gasteiger partial charge on any atom is 0.172 e. The van der Waals surface area contributed by atoms with E-state index in [0.717, 1.165) is 31.7 Å².